The molecule has 0 aromatic carbocycles. The maximum atomic E-state index is 12.4. The van der Waals surface area contributed by atoms with Crippen LogP contribution in [0.15, 0.2) is 0 Å². The number of carbonyl (C=O) groups excluding carboxylic acids is 2. The van der Waals surface area contributed by atoms with Gasteiger partial charge < -0.3 is 20.4 Å². The fraction of sp³-hybridized carbons (Fsp3) is 0.889. The Balaban J connectivity index is 1.33. The minimum atomic E-state index is 0.0807. The van der Waals surface area contributed by atoms with Crippen molar-refractivity contribution >= 4 is 11.9 Å². The third-order valence-electron chi connectivity index (χ3n) is 5.76. The Bertz CT molecular complexity index is 423. The van der Waals surface area contributed by atoms with Crippen LogP contribution >= 0.6 is 0 Å². The topological polar surface area (TPSA) is 64.7 Å². The molecule has 24 heavy (non-hydrogen) atoms. The van der Waals surface area contributed by atoms with Gasteiger partial charge in [-0.05, 0) is 64.0 Å². The molecule has 3 aliphatic heterocycles. The number of carbonyl (C=O) groups is 2. The van der Waals surface area contributed by atoms with Crippen LogP contribution in [0.3, 0.4) is 0 Å². The molecule has 0 radical (unpaired) electrons. The zero-order valence-corrected chi connectivity index (χ0v) is 14.8. The summed E-state index contributed by atoms with van der Waals surface area (Å²) in [5.41, 5.74) is 0. The second-order valence-corrected chi connectivity index (χ2v) is 7.53. The number of urea groups is 1. The quantitative estimate of drug-likeness (QED) is 0.816. The number of hydrogen-bond donors (Lipinski definition) is 2. The standard InChI is InChI=1S/C18H32N4O2/c23-17(20-9-5-15-4-3-8-19-14-15)16-6-12-22(13-7-16)18(24)21-10-1-2-11-21/h15-16,19H,1-14H2,(H,20,23). The Morgan fingerprint density at radius 3 is 2.33 bits per heavy atom. The molecule has 0 aromatic rings. The molecule has 1 unspecified atom stereocenters. The summed E-state index contributed by atoms with van der Waals surface area (Å²) in [7, 11) is 0. The van der Waals surface area contributed by atoms with Crippen LogP contribution in [0.1, 0.15) is 44.9 Å². The molecule has 3 heterocycles. The predicted molar refractivity (Wildman–Crippen MR) is 93.7 cm³/mol. The van der Waals surface area contributed by atoms with Gasteiger partial charge in [0.15, 0.2) is 0 Å². The lowest BCUT2D eigenvalue weighted by atomic mass is 9.94. The van der Waals surface area contributed by atoms with Gasteiger partial charge >= 0.3 is 6.03 Å². The molecule has 6 heteroatoms. The zero-order valence-electron chi connectivity index (χ0n) is 14.8. The largest absolute Gasteiger partial charge is 0.356 e. The number of nitrogens with zero attached hydrogens (tertiary/aromatic N) is 2. The second kappa shape index (κ2) is 8.70. The van der Waals surface area contributed by atoms with E-state index in [0.29, 0.717) is 5.92 Å². The minimum Gasteiger partial charge on any atom is -0.356 e. The average Bonchev–Trinajstić information content (AvgIpc) is 3.17. The van der Waals surface area contributed by atoms with Crippen LogP contribution in [0.25, 0.3) is 0 Å². The molecular formula is C18H32N4O2. The molecular weight excluding hydrogens is 304 g/mol. The molecule has 0 aromatic heterocycles. The van der Waals surface area contributed by atoms with E-state index in [1.54, 1.807) is 0 Å². The highest BCUT2D eigenvalue weighted by Gasteiger charge is 2.30. The van der Waals surface area contributed by atoms with Crippen molar-refractivity contribution in [2.75, 3.05) is 45.8 Å². The average molecular weight is 336 g/mol. The van der Waals surface area contributed by atoms with Crippen LogP contribution in [0.5, 0.6) is 0 Å². The molecule has 1 atom stereocenters. The van der Waals surface area contributed by atoms with Crippen LogP contribution in [-0.4, -0.2) is 67.6 Å². The van der Waals surface area contributed by atoms with Crippen molar-refractivity contribution in [2.24, 2.45) is 11.8 Å². The lowest BCUT2D eigenvalue weighted by molar-refractivity contribution is -0.126. The molecule has 3 saturated heterocycles. The molecule has 2 N–H and O–H groups in total. The van der Waals surface area contributed by atoms with Crippen LogP contribution in [0.2, 0.25) is 0 Å². The summed E-state index contributed by atoms with van der Waals surface area (Å²) in [5, 5.41) is 6.54. The summed E-state index contributed by atoms with van der Waals surface area (Å²) in [6.45, 7) is 6.26. The van der Waals surface area contributed by atoms with E-state index in [2.05, 4.69) is 10.6 Å². The van der Waals surface area contributed by atoms with E-state index >= 15 is 0 Å². The normalized spacial score (nSPS) is 25.8. The summed E-state index contributed by atoms with van der Waals surface area (Å²) in [4.78, 5) is 28.6. The molecule has 3 amide bonds. The van der Waals surface area contributed by atoms with Gasteiger partial charge in [-0.25, -0.2) is 4.79 Å². The van der Waals surface area contributed by atoms with E-state index in [9.17, 15) is 9.59 Å². The van der Waals surface area contributed by atoms with E-state index in [-0.39, 0.29) is 17.9 Å². The van der Waals surface area contributed by atoms with Crippen molar-refractivity contribution in [3.63, 3.8) is 0 Å². The molecule has 3 fully saturated rings. The fourth-order valence-electron chi connectivity index (χ4n) is 4.16. The van der Waals surface area contributed by atoms with Gasteiger partial charge in [0, 0.05) is 38.6 Å². The molecule has 3 aliphatic rings. The summed E-state index contributed by atoms with van der Waals surface area (Å²) in [6, 6.07) is 0.177. The predicted octanol–water partition coefficient (Wildman–Crippen LogP) is 1.42. The Labute approximate surface area is 145 Å². The lowest BCUT2D eigenvalue weighted by Gasteiger charge is -2.34. The molecule has 0 saturated carbocycles. The van der Waals surface area contributed by atoms with E-state index in [4.69, 9.17) is 0 Å². The van der Waals surface area contributed by atoms with Crippen molar-refractivity contribution in [3.05, 3.63) is 0 Å². The third-order valence-corrected chi connectivity index (χ3v) is 5.76. The fourth-order valence-corrected chi connectivity index (χ4v) is 4.16. The first-order chi connectivity index (χ1) is 11.7. The SMILES string of the molecule is O=C(NCCC1CCCNC1)C1CCN(C(=O)N2CCCC2)CC1. The molecule has 0 spiro atoms. The van der Waals surface area contributed by atoms with E-state index < -0.39 is 0 Å². The van der Waals surface area contributed by atoms with Gasteiger partial charge in [-0.1, -0.05) is 0 Å². The first-order valence-electron chi connectivity index (χ1n) is 9.76. The van der Waals surface area contributed by atoms with Gasteiger partial charge in [-0.15, -0.1) is 0 Å². The molecule has 136 valence electrons. The Morgan fingerprint density at radius 2 is 1.67 bits per heavy atom. The minimum absolute atomic E-state index is 0.0807. The summed E-state index contributed by atoms with van der Waals surface area (Å²) >= 11 is 0. The van der Waals surface area contributed by atoms with E-state index in [0.717, 1.165) is 77.9 Å². The molecule has 3 rings (SSSR count). The second-order valence-electron chi connectivity index (χ2n) is 7.53. The van der Waals surface area contributed by atoms with Crippen LogP contribution in [-0.2, 0) is 4.79 Å². The van der Waals surface area contributed by atoms with Gasteiger partial charge in [-0.2, -0.15) is 0 Å². The van der Waals surface area contributed by atoms with Gasteiger partial charge in [0.25, 0.3) is 0 Å². The van der Waals surface area contributed by atoms with Crippen LogP contribution in [0, 0.1) is 11.8 Å². The van der Waals surface area contributed by atoms with Crippen molar-refractivity contribution in [1.29, 1.82) is 0 Å². The van der Waals surface area contributed by atoms with E-state index in [1.807, 2.05) is 9.80 Å². The Kier molecular flexibility index (Phi) is 6.35. The van der Waals surface area contributed by atoms with Crippen LogP contribution < -0.4 is 10.6 Å². The number of nitrogens with one attached hydrogen (secondary N) is 2. The highest BCUT2D eigenvalue weighted by Crippen LogP contribution is 2.20. The Hall–Kier alpha value is -1.30. The zero-order chi connectivity index (χ0) is 16.8. The number of likely N-dealkylation sites (tertiary alicyclic amines) is 2. The first-order valence-corrected chi connectivity index (χ1v) is 9.76. The monoisotopic (exact) mass is 336 g/mol. The number of hydrogen-bond acceptors (Lipinski definition) is 3. The lowest BCUT2D eigenvalue weighted by Crippen LogP contribution is -2.47. The van der Waals surface area contributed by atoms with Gasteiger partial charge in [0.1, 0.15) is 0 Å². The van der Waals surface area contributed by atoms with Crippen molar-refractivity contribution < 1.29 is 9.59 Å². The summed E-state index contributed by atoms with van der Waals surface area (Å²) < 4.78 is 0. The summed E-state index contributed by atoms with van der Waals surface area (Å²) in [6.07, 6.45) is 7.46. The highest BCUT2D eigenvalue weighted by atomic mass is 16.2. The van der Waals surface area contributed by atoms with Gasteiger partial charge in [0.05, 0.1) is 0 Å². The summed E-state index contributed by atoms with van der Waals surface area (Å²) in [5.74, 6) is 0.975. The molecule has 6 nitrogen and oxygen atoms in total. The molecule has 0 bridgehead atoms. The van der Waals surface area contributed by atoms with Crippen molar-refractivity contribution in [1.82, 2.24) is 20.4 Å². The van der Waals surface area contributed by atoms with Gasteiger partial charge in [0.2, 0.25) is 5.91 Å². The van der Waals surface area contributed by atoms with E-state index in [1.165, 1.54) is 12.8 Å². The van der Waals surface area contributed by atoms with Crippen LogP contribution in [0.4, 0.5) is 4.79 Å². The molecule has 0 aliphatic carbocycles. The first kappa shape index (κ1) is 17.5. The number of piperidine rings is 2. The highest BCUT2D eigenvalue weighted by molar-refractivity contribution is 5.79. The Morgan fingerprint density at radius 1 is 0.958 bits per heavy atom. The number of rotatable bonds is 4. The number of amides is 3. The smallest absolute Gasteiger partial charge is 0.319 e. The maximum absolute atomic E-state index is 12.4. The van der Waals surface area contributed by atoms with Crippen molar-refractivity contribution in [3.8, 4) is 0 Å². The third kappa shape index (κ3) is 4.62. The maximum Gasteiger partial charge on any atom is 0.319 e. The van der Waals surface area contributed by atoms with Crippen molar-refractivity contribution in [2.45, 2.75) is 44.9 Å². The van der Waals surface area contributed by atoms with Gasteiger partial charge in [-0.3, -0.25) is 4.79 Å².